The van der Waals surface area contributed by atoms with Crippen molar-refractivity contribution in [2.45, 2.75) is 60.3 Å². The summed E-state index contributed by atoms with van der Waals surface area (Å²) in [6, 6.07) is 10.5. The summed E-state index contributed by atoms with van der Waals surface area (Å²) in [4.78, 5) is 9.03. The van der Waals surface area contributed by atoms with Crippen LogP contribution >= 0.6 is 0 Å². The van der Waals surface area contributed by atoms with Gasteiger partial charge in [0.15, 0.2) is 0 Å². The maximum Gasteiger partial charge on any atom is 0.243 e. The maximum absolute atomic E-state index is 4.58. The molecule has 1 aromatic carbocycles. The van der Waals surface area contributed by atoms with E-state index in [1.54, 1.807) is 0 Å². The van der Waals surface area contributed by atoms with Gasteiger partial charge in [0, 0.05) is 17.0 Å². The highest BCUT2D eigenvalue weighted by molar-refractivity contribution is 6.00. The molecule has 0 saturated carbocycles. The second-order valence-corrected chi connectivity index (χ2v) is 6.99. The molecule has 2 rings (SSSR count). The Balaban J connectivity index is 2.17. The number of hydrazone groups is 1. The van der Waals surface area contributed by atoms with Crippen LogP contribution in [0.25, 0.3) is 0 Å². The van der Waals surface area contributed by atoms with Crippen LogP contribution in [0.4, 0.5) is 5.95 Å². The van der Waals surface area contributed by atoms with Crippen molar-refractivity contribution in [3.05, 3.63) is 52.8 Å². The highest BCUT2D eigenvalue weighted by Crippen LogP contribution is 2.15. The van der Waals surface area contributed by atoms with Gasteiger partial charge in [0.05, 0.1) is 5.71 Å². The maximum atomic E-state index is 4.58. The van der Waals surface area contributed by atoms with Gasteiger partial charge in [-0.25, -0.2) is 15.4 Å². The number of nitrogens with one attached hydrogen (secondary N) is 1. The molecular weight excluding hydrogens is 308 g/mol. The third-order valence-corrected chi connectivity index (χ3v) is 4.05. The fraction of sp³-hybridized carbons (Fsp3) is 0.476. The van der Waals surface area contributed by atoms with Crippen molar-refractivity contribution in [2.24, 2.45) is 11.0 Å². The quantitative estimate of drug-likeness (QED) is 0.534. The van der Waals surface area contributed by atoms with E-state index >= 15 is 0 Å². The molecule has 0 atom stereocenters. The molecule has 25 heavy (non-hydrogen) atoms. The standard InChI is InChI=1S/C21H30N4/c1-6-7-11-19-14-16(4)22-21(23-19)25-24-17(5)20-12-9-8-10-18(20)13-15(2)3/h8-10,12,14-15H,6-7,11,13H2,1-5H3,(H,22,23,25). The summed E-state index contributed by atoms with van der Waals surface area (Å²) < 4.78 is 0. The number of anilines is 1. The first kappa shape index (κ1) is 19.1. The van der Waals surface area contributed by atoms with Crippen LogP contribution in [0, 0.1) is 12.8 Å². The zero-order valence-electron chi connectivity index (χ0n) is 16.1. The predicted molar refractivity (Wildman–Crippen MR) is 106 cm³/mol. The molecule has 0 saturated heterocycles. The Hall–Kier alpha value is -2.23. The Morgan fingerprint density at radius 2 is 1.96 bits per heavy atom. The first-order valence-corrected chi connectivity index (χ1v) is 9.22. The van der Waals surface area contributed by atoms with Crippen molar-refractivity contribution >= 4 is 11.7 Å². The SMILES string of the molecule is CCCCc1cc(C)nc(NN=C(C)c2ccccc2CC(C)C)n1. The molecule has 0 unspecified atom stereocenters. The number of hydrogen-bond acceptors (Lipinski definition) is 4. The number of nitrogens with zero attached hydrogens (tertiary/aromatic N) is 3. The molecule has 1 N–H and O–H groups in total. The fourth-order valence-electron chi connectivity index (χ4n) is 2.85. The van der Waals surface area contributed by atoms with Crippen molar-refractivity contribution in [3.63, 3.8) is 0 Å². The summed E-state index contributed by atoms with van der Waals surface area (Å²) >= 11 is 0. The van der Waals surface area contributed by atoms with Crippen LogP contribution < -0.4 is 5.43 Å². The molecule has 1 heterocycles. The first-order valence-electron chi connectivity index (χ1n) is 9.22. The van der Waals surface area contributed by atoms with E-state index in [-0.39, 0.29) is 0 Å². The summed E-state index contributed by atoms with van der Waals surface area (Å²) in [5.41, 5.74) is 8.56. The van der Waals surface area contributed by atoms with Gasteiger partial charge >= 0.3 is 0 Å². The Morgan fingerprint density at radius 1 is 1.20 bits per heavy atom. The predicted octanol–water partition coefficient (Wildman–Crippen LogP) is 5.16. The van der Waals surface area contributed by atoms with E-state index < -0.39 is 0 Å². The van der Waals surface area contributed by atoms with Crippen LogP contribution in [0.15, 0.2) is 35.4 Å². The molecule has 134 valence electrons. The van der Waals surface area contributed by atoms with Crippen molar-refractivity contribution in [2.75, 3.05) is 5.43 Å². The molecule has 0 amide bonds. The molecule has 0 radical (unpaired) electrons. The lowest BCUT2D eigenvalue weighted by molar-refractivity contribution is 0.646. The highest BCUT2D eigenvalue weighted by atomic mass is 15.4. The van der Waals surface area contributed by atoms with Crippen molar-refractivity contribution < 1.29 is 0 Å². The summed E-state index contributed by atoms with van der Waals surface area (Å²) in [6.07, 6.45) is 4.33. The largest absolute Gasteiger partial charge is 0.245 e. The number of benzene rings is 1. The van der Waals surface area contributed by atoms with Crippen LogP contribution in [0.5, 0.6) is 0 Å². The number of hydrogen-bond donors (Lipinski definition) is 1. The fourth-order valence-corrected chi connectivity index (χ4v) is 2.85. The lowest BCUT2D eigenvalue weighted by Crippen LogP contribution is -2.08. The van der Waals surface area contributed by atoms with Crippen LogP contribution in [-0.4, -0.2) is 15.7 Å². The molecular formula is C21H30N4. The lowest BCUT2D eigenvalue weighted by Gasteiger charge is -2.11. The normalized spacial score (nSPS) is 11.8. The van der Waals surface area contributed by atoms with Gasteiger partial charge in [-0.15, -0.1) is 0 Å². The van der Waals surface area contributed by atoms with E-state index in [1.165, 1.54) is 11.1 Å². The van der Waals surface area contributed by atoms with E-state index in [9.17, 15) is 0 Å². The number of rotatable bonds is 8. The molecule has 0 aliphatic rings. The van der Waals surface area contributed by atoms with E-state index in [1.807, 2.05) is 13.8 Å². The van der Waals surface area contributed by atoms with Gasteiger partial charge in [0.2, 0.25) is 5.95 Å². The molecule has 0 aliphatic heterocycles. The smallest absolute Gasteiger partial charge is 0.243 e. The van der Waals surface area contributed by atoms with Crippen molar-refractivity contribution in [1.29, 1.82) is 0 Å². The third kappa shape index (κ3) is 5.96. The Bertz CT molecular complexity index is 720. The van der Waals surface area contributed by atoms with Gasteiger partial charge in [0.1, 0.15) is 0 Å². The van der Waals surface area contributed by atoms with E-state index in [0.29, 0.717) is 11.9 Å². The average Bonchev–Trinajstić information content (AvgIpc) is 2.57. The van der Waals surface area contributed by atoms with E-state index in [2.05, 4.69) is 71.6 Å². The number of aryl methyl sites for hydroxylation is 2. The van der Waals surface area contributed by atoms with Crippen LogP contribution in [0.2, 0.25) is 0 Å². The van der Waals surface area contributed by atoms with Crippen molar-refractivity contribution in [3.8, 4) is 0 Å². The summed E-state index contributed by atoms with van der Waals surface area (Å²) in [5, 5.41) is 4.54. The minimum atomic E-state index is 0.576. The first-order chi connectivity index (χ1) is 12.0. The van der Waals surface area contributed by atoms with Gasteiger partial charge in [-0.3, -0.25) is 0 Å². The lowest BCUT2D eigenvalue weighted by atomic mass is 9.96. The van der Waals surface area contributed by atoms with Gasteiger partial charge in [-0.05, 0) is 50.7 Å². The molecule has 0 bridgehead atoms. The summed E-state index contributed by atoms with van der Waals surface area (Å²) in [6.45, 7) is 10.7. The van der Waals surface area contributed by atoms with Crippen LogP contribution in [0.1, 0.15) is 63.1 Å². The molecule has 0 spiro atoms. The van der Waals surface area contributed by atoms with Gasteiger partial charge in [0.25, 0.3) is 0 Å². The summed E-state index contributed by atoms with van der Waals surface area (Å²) in [5.74, 6) is 1.19. The zero-order chi connectivity index (χ0) is 18.2. The van der Waals surface area contributed by atoms with Gasteiger partial charge in [-0.1, -0.05) is 51.5 Å². The Morgan fingerprint density at radius 3 is 2.68 bits per heavy atom. The molecule has 1 aromatic heterocycles. The van der Waals surface area contributed by atoms with Crippen LogP contribution in [0.3, 0.4) is 0 Å². The monoisotopic (exact) mass is 338 g/mol. The van der Waals surface area contributed by atoms with Gasteiger partial charge in [-0.2, -0.15) is 5.10 Å². The second-order valence-electron chi connectivity index (χ2n) is 6.99. The van der Waals surface area contributed by atoms with E-state index in [4.69, 9.17) is 0 Å². The topological polar surface area (TPSA) is 50.2 Å². The summed E-state index contributed by atoms with van der Waals surface area (Å²) in [7, 11) is 0. The number of unbranched alkanes of at least 4 members (excludes halogenated alkanes) is 1. The average molecular weight is 338 g/mol. The highest BCUT2D eigenvalue weighted by Gasteiger charge is 2.07. The third-order valence-electron chi connectivity index (χ3n) is 4.05. The minimum Gasteiger partial charge on any atom is -0.245 e. The molecule has 4 nitrogen and oxygen atoms in total. The molecule has 2 aromatic rings. The molecule has 0 aliphatic carbocycles. The Kier molecular flexibility index (Phi) is 7.11. The molecule has 4 heteroatoms. The second kappa shape index (κ2) is 9.30. The van der Waals surface area contributed by atoms with E-state index in [0.717, 1.165) is 42.8 Å². The Labute approximate surface area is 151 Å². The molecule has 0 fully saturated rings. The van der Waals surface area contributed by atoms with Crippen molar-refractivity contribution in [1.82, 2.24) is 9.97 Å². The van der Waals surface area contributed by atoms with Gasteiger partial charge < -0.3 is 0 Å². The zero-order valence-corrected chi connectivity index (χ0v) is 16.1. The number of aromatic nitrogens is 2. The van der Waals surface area contributed by atoms with Crippen LogP contribution in [-0.2, 0) is 12.8 Å². The minimum absolute atomic E-state index is 0.576.